The molecule has 3 heteroatoms. The Balaban J connectivity index is 1.09. The van der Waals surface area contributed by atoms with Crippen molar-refractivity contribution in [3.05, 3.63) is 0 Å². The first-order valence-electron chi connectivity index (χ1n) is 16.4. The third-order valence-corrected chi connectivity index (χ3v) is 77.1. The van der Waals surface area contributed by atoms with Gasteiger partial charge in [0.15, 0.2) is 0 Å². The Labute approximate surface area is 208 Å². The fourth-order valence-electron chi connectivity index (χ4n) is 23.7. The minimum atomic E-state index is -3.39. The summed E-state index contributed by atoms with van der Waals surface area (Å²) in [4.78, 5) is 12.2. The molecule has 2 saturated carbocycles. The van der Waals surface area contributed by atoms with Gasteiger partial charge in [-0.05, 0) is 0 Å². The van der Waals surface area contributed by atoms with Crippen molar-refractivity contribution in [1.82, 2.24) is 0 Å². The Bertz CT molecular complexity index is 1370. The van der Waals surface area contributed by atoms with Crippen LogP contribution in [0, 0.1) is 11.8 Å². The van der Waals surface area contributed by atoms with Crippen molar-refractivity contribution in [2.45, 2.75) is 163 Å². The molecule has 6 unspecified atom stereocenters. The predicted octanol–water partition coefficient (Wildman–Crippen LogP) is 11.0. The van der Waals surface area contributed by atoms with Gasteiger partial charge in [0.25, 0.3) is 0 Å². The van der Waals surface area contributed by atoms with Crippen LogP contribution in [0.25, 0.3) is 0 Å². The fourth-order valence-corrected chi connectivity index (χ4v) is 125. The first-order valence-corrected chi connectivity index (χ1v) is 25.9. The van der Waals surface area contributed by atoms with E-state index in [0.717, 1.165) is 16.1 Å². The van der Waals surface area contributed by atoms with E-state index in [1.165, 1.54) is 59.6 Å². The van der Waals surface area contributed by atoms with Gasteiger partial charge in [-0.25, -0.2) is 0 Å². The van der Waals surface area contributed by atoms with Gasteiger partial charge in [-0.1, -0.05) is 0 Å². The molecule has 0 N–H and O–H groups in total. The molecule has 0 bridgehead atoms. The van der Waals surface area contributed by atoms with E-state index in [-0.39, 0.29) is 7.92 Å². The van der Waals surface area contributed by atoms with E-state index >= 15 is 0 Å². The zero-order valence-corrected chi connectivity index (χ0v) is 26.1. The summed E-state index contributed by atoms with van der Waals surface area (Å²) in [6.07, 6.45) is 19.7. The molecule has 10 aliphatic heterocycles. The van der Waals surface area contributed by atoms with Crippen LogP contribution in [-0.4, -0.2) is 33.4 Å². The average Bonchev–Trinajstić information content (AvgIpc) is 3.79. The van der Waals surface area contributed by atoms with E-state index in [1.807, 2.05) is 0 Å². The molecule has 6 atom stereocenters. The van der Waals surface area contributed by atoms with Crippen LogP contribution in [0.1, 0.15) is 98.8 Å². The van der Waals surface area contributed by atoms with Crippen molar-refractivity contribution in [3.63, 3.8) is 0 Å². The molecule has 0 aromatic heterocycles. The second-order valence-corrected chi connectivity index (χ2v) is 48.5. The van der Waals surface area contributed by atoms with Crippen LogP contribution < -0.4 is 0 Å². The Morgan fingerprint density at radius 2 is 1.09 bits per heavy atom. The van der Waals surface area contributed by atoms with Crippen LogP contribution in [0.5, 0.6) is 0 Å². The summed E-state index contributed by atoms with van der Waals surface area (Å²) < 4.78 is 2.31. The van der Waals surface area contributed by atoms with Gasteiger partial charge in [0.2, 0.25) is 0 Å². The number of rotatable bonds is 9. The summed E-state index contributed by atoms with van der Waals surface area (Å²) in [6.45, 7) is 9.92. The molecule has 0 amide bonds. The second kappa shape index (κ2) is 3.14. The van der Waals surface area contributed by atoms with Crippen LogP contribution >= 0.6 is 15.8 Å². The van der Waals surface area contributed by atoms with E-state index in [1.54, 1.807) is 76.5 Å². The quantitative estimate of drug-likeness (QED) is 0.196. The van der Waals surface area contributed by atoms with Gasteiger partial charge in [0, 0.05) is 0 Å². The van der Waals surface area contributed by atoms with Gasteiger partial charge in [-0.2, -0.15) is 0 Å². The Hall–Kier alpha value is 1.38. The minimum absolute atomic E-state index is 0.247. The summed E-state index contributed by atoms with van der Waals surface area (Å²) in [5.74, 6) is 1.87. The summed E-state index contributed by atoms with van der Waals surface area (Å²) in [7, 11) is 0.597. The fraction of sp³-hybridized carbons (Fsp3) is 1.00. The van der Waals surface area contributed by atoms with Gasteiger partial charge in [-0.3, -0.25) is 0 Å². The molecule has 0 nitrogen and oxygen atoms in total. The van der Waals surface area contributed by atoms with Crippen LogP contribution in [0.15, 0.2) is 0 Å². The maximum absolute atomic E-state index is 3.39. The molecule has 0 radical (unpaired) electrons. The van der Waals surface area contributed by atoms with Gasteiger partial charge in [0.1, 0.15) is 0 Å². The topological polar surface area (TPSA) is 0 Å². The predicted molar refractivity (Wildman–Crippen MR) is 152 cm³/mol. The van der Waals surface area contributed by atoms with Gasteiger partial charge < -0.3 is 0 Å². The van der Waals surface area contributed by atoms with Crippen molar-refractivity contribution in [2.75, 3.05) is 12.3 Å². The maximum atomic E-state index is 3.01. The van der Waals surface area contributed by atoms with Crippen molar-refractivity contribution in [3.8, 4) is 0 Å². The van der Waals surface area contributed by atoms with Crippen molar-refractivity contribution in [2.24, 2.45) is 11.8 Å². The van der Waals surface area contributed by atoms with Gasteiger partial charge in [-0.15, -0.1) is 0 Å². The summed E-state index contributed by atoms with van der Waals surface area (Å²) in [5, 5.41) is 0. The Morgan fingerprint density at radius 1 is 0.629 bits per heavy atom. The molecule has 12 fully saturated rings. The zero-order chi connectivity index (χ0) is 23.5. The van der Waals surface area contributed by atoms with Crippen LogP contribution in [0.2, 0.25) is 42.8 Å². The third kappa shape index (κ3) is 0.516. The molecule has 10 heterocycles. The molecule has 12 rings (SSSR count). The molecule has 1 spiro atoms. The molecule has 12 aliphatic rings. The number of fused-ring (bicyclic) bond motifs is 10. The molecular weight excluding hydrogens is 502 g/mol. The molecule has 35 heavy (non-hydrogen) atoms. The van der Waals surface area contributed by atoms with Crippen molar-refractivity contribution >= 4 is 15.8 Å². The Morgan fingerprint density at radius 3 is 1.46 bits per heavy atom. The van der Waals surface area contributed by atoms with Crippen molar-refractivity contribution in [1.29, 1.82) is 0 Å². The second-order valence-electron chi connectivity index (χ2n) is 19.2. The molecule has 10 saturated heterocycles. The average molecular weight is 555 g/mol. The van der Waals surface area contributed by atoms with E-state index in [9.17, 15) is 0 Å². The van der Waals surface area contributed by atoms with E-state index in [0.29, 0.717) is 7.92 Å². The monoisotopic (exact) mass is 554 g/mol. The van der Waals surface area contributed by atoms with Crippen LogP contribution in [0.3, 0.4) is 0 Å². The van der Waals surface area contributed by atoms with Crippen molar-refractivity contribution < 1.29 is 6.51 Å². The summed E-state index contributed by atoms with van der Waals surface area (Å²) in [6, 6.07) is 0. The number of hydrogen-bond donors (Lipinski definition) is 0. The summed E-state index contributed by atoms with van der Waals surface area (Å²) in [5.41, 5.74) is 3.72. The zero-order valence-electron chi connectivity index (χ0n) is 23.2. The van der Waals surface area contributed by atoms with Crippen LogP contribution in [-0.2, 0) is 6.51 Å². The van der Waals surface area contributed by atoms with Crippen LogP contribution in [0.4, 0.5) is 0 Å². The van der Waals surface area contributed by atoms with E-state index < -0.39 is 6.51 Å². The first-order chi connectivity index (χ1) is 16.7. The SMILES string of the molecule is CC(C)CP(CC(C)C)C(C)[C]12[CH]3[CH]4[CH]5[C]1(P(C1CCCCC1)C1CCCCC1)[Fe]43521678[CH]2[CH]1[CH]6[CH]7[CH]28. The Kier molecular flexibility index (Phi) is 1.82. The van der Waals surface area contributed by atoms with E-state index in [4.69, 9.17) is 0 Å². The normalized spacial score (nSPS) is 74.2. The third-order valence-electron chi connectivity index (χ3n) is 21.6. The summed E-state index contributed by atoms with van der Waals surface area (Å²) >= 11 is 0. The van der Waals surface area contributed by atoms with Gasteiger partial charge >= 0.3 is 209 Å². The number of hydrogen-bond acceptors (Lipinski definition) is 0. The van der Waals surface area contributed by atoms with Gasteiger partial charge in [0.05, 0.1) is 0 Å². The molecule has 0 aromatic rings. The standard InChI is InChI=1S/C27H47P2.C5H5.Fe/c1-21(2)19-28(20-22(3)4)23(5)26-17-12-18-27(26)29(24-13-8-6-9-14-24)25-15-10-7-11-16-25;1-2-4-5-3-1;/h12,17-18,21-25H,6-11,13-16,19-20H2,1-5H3;1-5H;. The molecule has 198 valence electrons. The molecular formula is C32H52FeP2. The molecule has 0 aromatic carbocycles. The molecule has 2 aliphatic carbocycles. The first kappa shape index (κ1) is 20.3. The van der Waals surface area contributed by atoms with E-state index in [2.05, 4.69) is 34.6 Å².